The largest absolute Gasteiger partial charge is 0.450 e. The minimum atomic E-state index is -3.63. The Morgan fingerprint density at radius 1 is 1.40 bits per heavy atom. The Labute approximate surface area is 127 Å². The van der Waals surface area contributed by atoms with Crippen molar-refractivity contribution in [3.05, 3.63) is 16.5 Å². The first kappa shape index (κ1) is 17.6. The molecule has 1 rings (SSSR count). The second kappa shape index (κ2) is 8.78. The third-order valence-corrected chi connectivity index (χ3v) is 4.87. The molecule has 6 nitrogen and oxygen atoms in total. The van der Waals surface area contributed by atoms with Crippen LogP contribution in [0.15, 0.2) is 20.0 Å². The third-order valence-electron chi connectivity index (χ3n) is 2.55. The van der Waals surface area contributed by atoms with E-state index in [1.165, 1.54) is 6.07 Å². The van der Waals surface area contributed by atoms with Gasteiger partial charge in [0.15, 0.2) is 4.67 Å². The molecule has 8 heteroatoms. The van der Waals surface area contributed by atoms with Crippen molar-refractivity contribution >= 4 is 26.0 Å². The topological polar surface area (TPSA) is 88.8 Å². The molecule has 0 amide bonds. The lowest BCUT2D eigenvalue weighted by molar-refractivity contribution is 0.130. The summed E-state index contributed by atoms with van der Waals surface area (Å²) in [5.41, 5.74) is 0. The maximum atomic E-state index is 12.0. The molecule has 0 unspecified atom stereocenters. The van der Waals surface area contributed by atoms with Crippen LogP contribution in [-0.4, -0.2) is 33.3 Å². The van der Waals surface area contributed by atoms with Crippen molar-refractivity contribution in [3.63, 3.8) is 0 Å². The fourth-order valence-corrected chi connectivity index (χ4v) is 3.54. The zero-order chi connectivity index (χ0) is 15.0. The van der Waals surface area contributed by atoms with Gasteiger partial charge in [-0.05, 0) is 28.8 Å². The second-order valence-corrected chi connectivity index (χ2v) is 6.68. The van der Waals surface area contributed by atoms with Gasteiger partial charge in [-0.2, -0.15) is 0 Å². The average molecular weight is 370 g/mol. The van der Waals surface area contributed by atoms with E-state index in [0.717, 1.165) is 12.8 Å². The summed E-state index contributed by atoms with van der Waals surface area (Å²) in [7, 11) is -3.63. The number of rotatable bonds is 10. The number of nitrogens with one attached hydrogen (secondary N) is 1. The molecule has 0 saturated heterocycles. The maximum absolute atomic E-state index is 12.0. The summed E-state index contributed by atoms with van der Waals surface area (Å²) < 4.78 is 36.9. The van der Waals surface area contributed by atoms with Crippen LogP contribution >= 0.6 is 15.9 Å². The molecule has 0 spiro atoms. The van der Waals surface area contributed by atoms with Gasteiger partial charge in [-0.1, -0.05) is 13.3 Å². The quantitative estimate of drug-likeness (QED) is 0.615. The van der Waals surface area contributed by atoms with E-state index in [9.17, 15) is 8.42 Å². The predicted octanol–water partition coefficient (Wildman–Crippen LogP) is 2.02. The Morgan fingerprint density at radius 3 is 2.70 bits per heavy atom. The molecule has 116 valence electrons. The Balaban J connectivity index is 2.40. The van der Waals surface area contributed by atoms with Gasteiger partial charge in [0, 0.05) is 25.8 Å². The van der Waals surface area contributed by atoms with E-state index in [4.69, 9.17) is 14.3 Å². The number of aliphatic hydroxyl groups is 1. The van der Waals surface area contributed by atoms with E-state index in [-0.39, 0.29) is 21.9 Å². The molecule has 1 aromatic heterocycles. The van der Waals surface area contributed by atoms with Crippen LogP contribution < -0.4 is 4.72 Å². The number of sulfonamides is 1. The minimum Gasteiger partial charge on any atom is -0.450 e. The van der Waals surface area contributed by atoms with Gasteiger partial charge in [0.25, 0.3) is 0 Å². The lowest BCUT2D eigenvalue weighted by Gasteiger charge is -2.06. The molecule has 0 aromatic carbocycles. The SMILES string of the molecule is CCCCOCCCNS(=O)(=O)c1cc(CO)oc1Br. The van der Waals surface area contributed by atoms with Gasteiger partial charge in [-0.3, -0.25) is 0 Å². The van der Waals surface area contributed by atoms with E-state index in [1.54, 1.807) is 0 Å². The number of ether oxygens (including phenoxy) is 1. The fraction of sp³-hybridized carbons (Fsp3) is 0.667. The van der Waals surface area contributed by atoms with Crippen LogP contribution in [0.5, 0.6) is 0 Å². The second-order valence-electron chi connectivity index (χ2n) is 4.23. The molecule has 0 atom stereocenters. The molecule has 0 bridgehead atoms. The van der Waals surface area contributed by atoms with Crippen LogP contribution in [0.1, 0.15) is 31.9 Å². The van der Waals surface area contributed by atoms with Crippen molar-refractivity contribution in [2.24, 2.45) is 0 Å². The van der Waals surface area contributed by atoms with Crippen LogP contribution in [0.3, 0.4) is 0 Å². The summed E-state index contributed by atoms with van der Waals surface area (Å²) in [5.74, 6) is 0.195. The van der Waals surface area contributed by atoms with Crippen LogP contribution in [0, 0.1) is 0 Å². The Hall–Kier alpha value is -0.410. The summed E-state index contributed by atoms with van der Waals surface area (Å²) in [6.07, 6.45) is 2.69. The lowest BCUT2D eigenvalue weighted by Crippen LogP contribution is -2.25. The van der Waals surface area contributed by atoms with Crippen LogP contribution in [-0.2, 0) is 21.4 Å². The van der Waals surface area contributed by atoms with Crippen molar-refractivity contribution in [3.8, 4) is 0 Å². The highest BCUT2D eigenvalue weighted by Crippen LogP contribution is 2.25. The zero-order valence-electron chi connectivity index (χ0n) is 11.4. The maximum Gasteiger partial charge on any atom is 0.244 e. The van der Waals surface area contributed by atoms with Gasteiger partial charge < -0.3 is 14.3 Å². The molecule has 1 heterocycles. The number of hydrogen-bond acceptors (Lipinski definition) is 5. The molecule has 1 aromatic rings. The van der Waals surface area contributed by atoms with Gasteiger partial charge in [-0.25, -0.2) is 13.1 Å². The van der Waals surface area contributed by atoms with Gasteiger partial charge >= 0.3 is 0 Å². The summed E-state index contributed by atoms with van der Waals surface area (Å²) in [6, 6.07) is 1.30. The normalized spacial score (nSPS) is 11.9. The number of halogens is 1. The van der Waals surface area contributed by atoms with Crippen LogP contribution in [0.4, 0.5) is 0 Å². The van der Waals surface area contributed by atoms with Crippen molar-refractivity contribution < 1.29 is 22.7 Å². The molecule has 0 aliphatic heterocycles. The van der Waals surface area contributed by atoms with Crippen molar-refractivity contribution in [1.82, 2.24) is 4.72 Å². The van der Waals surface area contributed by atoms with Crippen molar-refractivity contribution in [2.45, 2.75) is 37.7 Å². The predicted molar refractivity (Wildman–Crippen MR) is 77.9 cm³/mol. The number of hydrogen-bond donors (Lipinski definition) is 2. The van der Waals surface area contributed by atoms with Gasteiger partial charge in [0.05, 0.1) is 0 Å². The minimum absolute atomic E-state index is 0.00606. The Kier molecular flexibility index (Phi) is 7.75. The number of aliphatic hydroxyl groups excluding tert-OH is 1. The van der Waals surface area contributed by atoms with E-state index < -0.39 is 10.0 Å². The van der Waals surface area contributed by atoms with E-state index in [2.05, 4.69) is 27.6 Å². The van der Waals surface area contributed by atoms with E-state index in [1.807, 2.05) is 0 Å². The molecule has 0 aliphatic carbocycles. The Bertz CT molecular complexity index is 500. The van der Waals surface area contributed by atoms with E-state index in [0.29, 0.717) is 26.2 Å². The van der Waals surface area contributed by atoms with Gasteiger partial charge in [0.2, 0.25) is 10.0 Å². The van der Waals surface area contributed by atoms with Gasteiger partial charge in [-0.15, -0.1) is 0 Å². The third kappa shape index (κ3) is 5.53. The zero-order valence-corrected chi connectivity index (χ0v) is 13.8. The van der Waals surface area contributed by atoms with Gasteiger partial charge in [0.1, 0.15) is 17.3 Å². The number of furan rings is 1. The molecule has 0 saturated carbocycles. The molecule has 0 radical (unpaired) electrons. The van der Waals surface area contributed by atoms with Crippen LogP contribution in [0.25, 0.3) is 0 Å². The highest BCUT2D eigenvalue weighted by atomic mass is 79.9. The first-order valence-corrected chi connectivity index (χ1v) is 8.75. The average Bonchev–Trinajstić information content (AvgIpc) is 2.80. The lowest BCUT2D eigenvalue weighted by atomic mass is 10.4. The highest BCUT2D eigenvalue weighted by molar-refractivity contribution is 9.10. The molecule has 20 heavy (non-hydrogen) atoms. The van der Waals surface area contributed by atoms with Crippen LogP contribution in [0.2, 0.25) is 0 Å². The summed E-state index contributed by atoms with van der Waals surface area (Å²) >= 11 is 3.02. The first-order valence-electron chi connectivity index (χ1n) is 6.47. The molecule has 0 fully saturated rings. The van der Waals surface area contributed by atoms with E-state index >= 15 is 0 Å². The fourth-order valence-electron chi connectivity index (χ4n) is 1.47. The molecule has 0 aliphatic rings. The smallest absolute Gasteiger partial charge is 0.244 e. The summed E-state index contributed by atoms with van der Waals surface area (Å²) in [4.78, 5) is -0.00606. The molecular formula is C12H20BrNO5S. The molecular weight excluding hydrogens is 350 g/mol. The van der Waals surface area contributed by atoms with Crippen molar-refractivity contribution in [2.75, 3.05) is 19.8 Å². The molecule has 2 N–H and O–H groups in total. The monoisotopic (exact) mass is 369 g/mol. The first-order chi connectivity index (χ1) is 9.51. The van der Waals surface area contributed by atoms with Crippen molar-refractivity contribution in [1.29, 1.82) is 0 Å². The Morgan fingerprint density at radius 2 is 2.10 bits per heavy atom. The number of unbranched alkanes of at least 4 members (excludes halogenated alkanes) is 1. The highest BCUT2D eigenvalue weighted by Gasteiger charge is 2.21. The summed E-state index contributed by atoms with van der Waals surface area (Å²) in [6.45, 7) is 3.26. The standard InChI is InChI=1S/C12H20BrNO5S/c1-2-3-6-18-7-4-5-14-20(16,17)11-8-10(9-15)19-12(11)13/h8,14-15H,2-7,9H2,1H3. The summed E-state index contributed by atoms with van der Waals surface area (Å²) in [5, 5.41) is 8.91.